The van der Waals surface area contributed by atoms with E-state index in [1.54, 1.807) is 7.11 Å². The van der Waals surface area contributed by atoms with Gasteiger partial charge < -0.3 is 10.5 Å². The van der Waals surface area contributed by atoms with Crippen LogP contribution in [0.3, 0.4) is 0 Å². The SMILES string of the molecule is COC1CCCC1n1nc(N)cc1C. The monoisotopic (exact) mass is 195 g/mol. The Labute approximate surface area is 84.0 Å². The Morgan fingerprint density at radius 1 is 1.57 bits per heavy atom. The van der Waals surface area contributed by atoms with Gasteiger partial charge in [0.1, 0.15) is 5.82 Å². The number of nitrogen functional groups attached to an aromatic ring is 1. The summed E-state index contributed by atoms with van der Waals surface area (Å²) in [6, 6.07) is 2.28. The van der Waals surface area contributed by atoms with E-state index >= 15 is 0 Å². The van der Waals surface area contributed by atoms with Gasteiger partial charge in [-0.3, -0.25) is 4.68 Å². The molecule has 1 aromatic rings. The third-order valence-corrected chi connectivity index (χ3v) is 2.98. The zero-order chi connectivity index (χ0) is 10.1. The Hall–Kier alpha value is -1.03. The van der Waals surface area contributed by atoms with Gasteiger partial charge in [0.05, 0.1) is 12.1 Å². The maximum atomic E-state index is 5.66. The van der Waals surface area contributed by atoms with Crippen LogP contribution in [0.4, 0.5) is 5.82 Å². The molecular weight excluding hydrogens is 178 g/mol. The van der Waals surface area contributed by atoms with Crippen molar-refractivity contribution in [1.82, 2.24) is 9.78 Å². The molecule has 78 valence electrons. The van der Waals surface area contributed by atoms with Gasteiger partial charge in [0.2, 0.25) is 0 Å². The van der Waals surface area contributed by atoms with Crippen LogP contribution in [-0.2, 0) is 4.74 Å². The predicted molar refractivity (Wildman–Crippen MR) is 55.1 cm³/mol. The van der Waals surface area contributed by atoms with Crippen LogP contribution >= 0.6 is 0 Å². The number of methoxy groups -OCH3 is 1. The summed E-state index contributed by atoms with van der Waals surface area (Å²) in [5, 5.41) is 4.30. The zero-order valence-electron chi connectivity index (χ0n) is 8.73. The number of anilines is 1. The average Bonchev–Trinajstić information content (AvgIpc) is 2.71. The molecule has 1 saturated carbocycles. The van der Waals surface area contributed by atoms with E-state index in [1.807, 2.05) is 17.7 Å². The van der Waals surface area contributed by atoms with Gasteiger partial charge in [-0.1, -0.05) is 0 Å². The summed E-state index contributed by atoms with van der Waals surface area (Å²) in [6.07, 6.45) is 3.77. The second-order valence-corrected chi connectivity index (χ2v) is 3.93. The van der Waals surface area contributed by atoms with Crippen molar-refractivity contribution < 1.29 is 4.74 Å². The molecule has 1 aromatic heterocycles. The van der Waals surface area contributed by atoms with E-state index in [1.165, 1.54) is 6.42 Å². The van der Waals surface area contributed by atoms with Gasteiger partial charge in [0.15, 0.2) is 0 Å². The van der Waals surface area contributed by atoms with Crippen molar-refractivity contribution in [1.29, 1.82) is 0 Å². The summed E-state index contributed by atoms with van der Waals surface area (Å²) in [5.41, 5.74) is 6.78. The van der Waals surface area contributed by atoms with Gasteiger partial charge in [0.25, 0.3) is 0 Å². The quantitative estimate of drug-likeness (QED) is 0.778. The van der Waals surface area contributed by atoms with Crippen molar-refractivity contribution in [2.45, 2.75) is 38.3 Å². The molecule has 4 heteroatoms. The number of hydrogen-bond acceptors (Lipinski definition) is 3. The highest BCUT2D eigenvalue weighted by molar-refractivity contribution is 5.29. The van der Waals surface area contributed by atoms with E-state index in [0.717, 1.165) is 18.5 Å². The first kappa shape index (κ1) is 9.52. The molecule has 1 aliphatic carbocycles. The number of aryl methyl sites for hydroxylation is 1. The van der Waals surface area contributed by atoms with E-state index in [2.05, 4.69) is 5.10 Å². The van der Waals surface area contributed by atoms with E-state index < -0.39 is 0 Å². The Morgan fingerprint density at radius 2 is 2.36 bits per heavy atom. The van der Waals surface area contributed by atoms with Gasteiger partial charge in [-0.25, -0.2) is 0 Å². The first-order valence-corrected chi connectivity index (χ1v) is 5.07. The summed E-state index contributed by atoms with van der Waals surface area (Å²) in [5.74, 6) is 0.601. The standard InChI is InChI=1S/C10H17N3O/c1-7-6-10(11)12-13(7)8-4-3-5-9(8)14-2/h6,8-9H,3-5H2,1-2H3,(H2,11,12). The summed E-state index contributed by atoms with van der Waals surface area (Å²) in [6.45, 7) is 2.04. The van der Waals surface area contributed by atoms with Crippen LogP contribution in [0.5, 0.6) is 0 Å². The summed E-state index contributed by atoms with van der Waals surface area (Å²) < 4.78 is 7.45. The number of nitrogens with zero attached hydrogens (tertiary/aromatic N) is 2. The van der Waals surface area contributed by atoms with Crippen molar-refractivity contribution in [2.75, 3.05) is 12.8 Å². The van der Waals surface area contributed by atoms with E-state index in [0.29, 0.717) is 18.0 Å². The molecule has 0 amide bonds. The van der Waals surface area contributed by atoms with Crippen molar-refractivity contribution >= 4 is 5.82 Å². The van der Waals surface area contributed by atoms with Gasteiger partial charge >= 0.3 is 0 Å². The second kappa shape index (κ2) is 3.61. The highest BCUT2D eigenvalue weighted by Crippen LogP contribution is 2.32. The summed E-state index contributed by atoms with van der Waals surface area (Å²) >= 11 is 0. The molecule has 4 nitrogen and oxygen atoms in total. The molecule has 2 rings (SSSR count). The molecule has 0 aromatic carbocycles. The number of rotatable bonds is 2. The van der Waals surface area contributed by atoms with Crippen LogP contribution in [0.1, 0.15) is 31.0 Å². The van der Waals surface area contributed by atoms with Crippen molar-refractivity contribution in [3.63, 3.8) is 0 Å². The molecule has 1 heterocycles. The third kappa shape index (κ3) is 1.50. The minimum Gasteiger partial charge on any atom is -0.382 e. The molecule has 1 aliphatic rings. The molecule has 0 radical (unpaired) electrons. The minimum absolute atomic E-state index is 0.299. The van der Waals surface area contributed by atoms with Crippen molar-refractivity contribution in [3.8, 4) is 0 Å². The molecule has 2 atom stereocenters. The lowest BCUT2D eigenvalue weighted by Crippen LogP contribution is -2.22. The van der Waals surface area contributed by atoms with Crippen molar-refractivity contribution in [3.05, 3.63) is 11.8 Å². The first-order chi connectivity index (χ1) is 6.72. The highest BCUT2D eigenvalue weighted by atomic mass is 16.5. The molecule has 14 heavy (non-hydrogen) atoms. The Kier molecular flexibility index (Phi) is 2.46. The molecule has 0 bridgehead atoms. The van der Waals surface area contributed by atoms with Crippen LogP contribution in [-0.4, -0.2) is 23.0 Å². The van der Waals surface area contributed by atoms with E-state index in [9.17, 15) is 0 Å². The maximum absolute atomic E-state index is 5.66. The Balaban J connectivity index is 2.25. The zero-order valence-corrected chi connectivity index (χ0v) is 8.73. The summed E-state index contributed by atoms with van der Waals surface area (Å²) in [7, 11) is 1.77. The topological polar surface area (TPSA) is 53.1 Å². The van der Waals surface area contributed by atoms with Gasteiger partial charge in [-0.15, -0.1) is 0 Å². The number of hydrogen-bond donors (Lipinski definition) is 1. The van der Waals surface area contributed by atoms with E-state index in [-0.39, 0.29) is 0 Å². The fourth-order valence-corrected chi connectivity index (χ4v) is 2.31. The minimum atomic E-state index is 0.299. The lowest BCUT2D eigenvalue weighted by molar-refractivity contribution is 0.0702. The van der Waals surface area contributed by atoms with Crippen LogP contribution in [0.25, 0.3) is 0 Å². The lowest BCUT2D eigenvalue weighted by Gasteiger charge is -2.19. The Bertz CT molecular complexity index is 321. The average molecular weight is 195 g/mol. The van der Waals surface area contributed by atoms with Crippen molar-refractivity contribution in [2.24, 2.45) is 0 Å². The number of nitrogens with two attached hydrogens (primary N) is 1. The summed E-state index contributed by atoms with van der Waals surface area (Å²) in [4.78, 5) is 0. The van der Waals surface area contributed by atoms with Crippen LogP contribution in [0.15, 0.2) is 6.07 Å². The molecule has 2 N–H and O–H groups in total. The van der Waals surface area contributed by atoms with Gasteiger partial charge in [-0.05, 0) is 26.2 Å². The van der Waals surface area contributed by atoms with Gasteiger partial charge in [0, 0.05) is 18.9 Å². The second-order valence-electron chi connectivity index (χ2n) is 3.93. The number of ether oxygens (including phenoxy) is 1. The molecular formula is C10H17N3O. The normalized spacial score (nSPS) is 27.0. The third-order valence-electron chi connectivity index (χ3n) is 2.98. The van der Waals surface area contributed by atoms with Crippen LogP contribution < -0.4 is 5.73 Å². The van der Waals surface area contributed by atoms with E-state index in [4.69, 9.17) is 10.5 Å². The van der Waals surface area contributed by atoms with Gasteiger partial charge in [-0.2, -0.15) is 5.10 Å². The lowest BCUT2D eigenvalue weighted by atomic mass is 10.2. The molecule has 0 saturated heterocycles. The molecule has 0 aliphatic heterocycles. The smallest absolute Gasteiger partial charge is 0.145 e. The fourth-order valence-electron chi connectivity index (χ4n) is 2.31. The molecule has 0 spiro atoms. The molecule has 2 unspecified atom stereocenters. The highest BCUT2D eigenvalue weighted by Gasteiger charge is 2.30. The Morgan fingerprint density at radius 3 is 2.93 bits per heavy atom. The van der Waals surface area contributed by atoms with Crippen LogP contribution in [0, 0.1) is 6.92 Å². The largest absolute Gasteiger partial charge is 0.382 e. The molecule has 1 fully saturated rings. The fraction of sp³-hybridized carbons (Fsp3) is 0.700. The van der Waals surface area contributed by atoms with Crippen LogP contribution in [0.2, 0.25) is 0 Å². The number of aromatic nitrogens is 2. The maximum Gasteiger partial charge on any atom is 0.145 e. The predicted octanol–water partition coefficient (Wildman–Crippen LogP) is 1.51. The first-order valence-electron chi connectivity index (χ1n) is 5.07.